The van der Waals surface area contributed by atoms with Crippen molar-refractivity contribution in [1.29, 1.82) is 0 Å². The monoisotopic (exact) mass is 878 g/mol. The van der Waals surface area contributed by atoms with Crippen molar-refractivity contribution in [3.63, 3.8) is 0 Å². The van der Waals surface area contributed by atoms with Crippen LogP contribution in [0.25, 0.3) is 22.3 Å². The number of rotatable bonds is 5. The fourth-order valence-corrected chi connectivity index (χ4v) is 23.4. The Balaban J connectivity index is 0.00000218. The molecule has 4 saturated carbocycles. The molecule has 8 aliphatic carbocycles. The fraction of sp³-hybridized carbons (Fsp3) is 0.400. The van der Waals surface area contributed by atoms with Gasteiger partial charge in [-0.3, -0.25) is 0 Å². The van der Waals surface area contributed by atoms with Gasteiger partial charge in [-0.2, -0.15) is 0 Å². The molecule has 4 aromatic carbocycles. The SMILES string of the molecule is CC1=CC(C)(C)c2cc3c(cc21)-c1cc2c(cc1[CH]3[Zr+2]([C]1=CC(C3(C)C4CC5CC(C4)CC3C5)=CC1C)=[C](c1ccccc1)c1ccccc1)C(C)(C)C=C2C.[Cl-].[Cl-]. The molecular weight excluding hydrogens is 823 g/mol. The maximum atomic E-state index is 2.89. The van der Waals surface area contributed by atoms with Crippen LogP contribution in [-0.2, 0) is 32.1 Å². The van der Waals surface area contributed by atoms with Crippen LogP contribution in [0.5, 0.6) is 0 Å². The zero-order chi connectivity index (χ0) is 38.5. The zero-order valence-electron chi connectivity index (χ0n) is 35.6. The van der Waals surface area contributed by atoms with Crippen molar-refractivity contribution in [2.45, 2.75) is 102 Å². The minimum absolute atomic E-state index is 0. The van der Waals surface area contributed by atoms with E-state index in [1.807, 2.05) is 3.28 Å². The van der Waals surface area contributed by atoms with Crippen LogP contribution >= 0.6 is 0 Å². The van der Waals surface area contributed by atoms with Crippen molar-refractivity contribution in [2.24, 2.45) is 35.0 Å². The summed E-state index contributed by atoms with van der Waals surface area (Å²) in [5, 5.41) is 0. The molecule has 0 saturated heterocycles. The first kappa shape index (κ1) is 40.6. The number of fused-ring (bicyclic) bond motifs is 5. The van der Waals surface area contributed by atoms with Crippen molar-refractivity contribution in [3.8, 4) is 11.1 Å². The topological polar surface area (TPSA) is 0 Å². The second-order valence-electron chi connectivity index (χ2n) is 20.6. The number of benzene rings is 4. The second-order valence-corrected chi connectivity index (χ2v) is 26.7. The van der Waals surface area contributed by atoms with Gasteiger partial charge in [0, 0.05) is 0 Å². The van der Waals surface area contributed by atoms with Crippen LogP contribution in [0.1, 0.15) is 136 Å². The molecule has 4 fully saturated rings. The molecule has 3 heteroatoms. The second kappa shape index (κ2) is 14.1. The van der Waals surface area contributed by atoms with Crippen LogP contribution in [0.4, 0.5) is 0 Å². The Kier molecular flexibility index (Phi) is 9.87. The van der Waals surface area contributed by atoms with E-state index in [9.17, 15) is 0 Å². The van der Waals surface area contributed by atoms with Gasteiger partial charge >= 0.3 is 346 Å². The van der Waals surface area contributed by atoms with Crippen molar-refractivity contribution < 1.29 is 46.1 Å². The van der Waals surface area contributed by atoms with Gasteiger partial charge in [0.1, 0.15) is 0 Å². The third-order valence-electron chi connectivity index (χ3n) is 16.4. The number of hydrogen-bond acceptors (Lipinski definition) is 0. The molecule has 8 aliphatic rings. The average molecular weight is 881 g/mol. The first-order valence-electron chi connectivity index (χ1n) is 21.9. The smallest absolute Gasteiger partial charge is 1.00 e. The molecule has 4 bridgehead atoms. The largest absolute Gasteiger partial charge is 1.00 e. The summed E-state index contributed by atoms with van der Waals surface area (Å²) in [4.78, 5) is 0. The summed E-state index contributed by atoms with van der Waals surface area (Å²) < 4.78 is 3.87. The average Bonchev–Trinajstić information content (AvgIpc) is 3.85. The van der Waals surface area contributed by atoms with E-state index in [2.05, 4.69) is 165 Å². The van der Waals surface area contributed by atoms with E-state index in [0.717, 1.165) is 23.7 Å². The van der Waals surface area contributed by atoms with Crippen molar-refractivity contribution in [1.82, 2.24) is 0 Å². The quantitative estimate of drug-likeness (QED) is 0.191. The summed E-state index contributed by atoms with van der Waals surface area (Å²) in [5.74, 6) is 4.11. The Labute approximate surface area is 368 Å². The molecule has 0 aromatic heterocycles. The number of hydrogen-bond donors (Lipinski definition) is 0. The summed E-state index contributed by atoms with van der Waals surface area (Å²) in [6.07, 6.45) is 18.1. The van der Waals surface area contributed by atoms with Crippen LogP contribution in [0.3, 0.4) is 0 Å². The maximum Gasteiger partial charge on any atom is -1.00 e. The van der Waals surface area contributed by atoms with Gasteiger partial charge in [-0.25, -0.2) is 0 Å². The summed E-state index contributed by atoms with van der Waals surface area (Å²) in [7, 11) is 0. The Bertz CT molecular complexity index is 2370. The predicted octanol–water partition coefficient (Wildman–Crippen LogP) is 7.96. The molecule has 296 valence electrons. The molecule has 0 nitrogen and oxygen atoms in total. The molecule has 1 atom stereocenters. The molecule has 4 aromatic rings. The fourth-order valence-electron chi connectivity index (χ4n) is 13.9. The minimum atomic E-state index is -3.01. The maximum absolute atomic E-state index is 3.01. The summed E-state index contributed by atoms with van der Waals surface area (Å²) in [6.45, 7) is 19.7. The van der Waals surface area contributed by atoms with Crippen molar-refractivity contribution >= 4 is 14.4 Å². The van der Waals surface area contributed by atoms with Crippen LogP contribution in [0, 0.1) is 35.0 Å². The van der Waals surface area contributed by atoms with E-state index in [1.165, 1.54) is 87.8 Å². The van der Waals surface area contributed by atoms with Gasteiger partial charge in [0.25, 0.3) is 0 Å². The standard InChI is InChI=1S/C25H25.C17H23.C13H10.2ClH.Zr/c1-14-12-24(3,4)22-8-16-7-17-9-23-19(15(2)13-25(23,5)6)11-21(17)20(16)10-18(14)22;1-11-3-4-14(5-11)17(2)15-7-12-6-13(9-15)10-16(17)8-12;1-3-7-12(8-4-1)11-13-9-5-2-6-10-13;;;/h7-13H,1-6H3;4-5,11-13,15-16H,6-10H2,1-2H3;1-10H;2*1H;/q;;;;;+2/p-2. The van der Waals surface area contributed by atoms with Gasteiger partial charge in [0.05, 0.1) is 0 Å². The van der Waals surface area contributed by atoms with Gasteiger partial charge in [0.15, 0.2) is 0 Å². The van der Waals surface area contributed by atoms with E-state index in [1.54, 1.807) is 19.9 Å². The van der Waals surface area contributed by atoms with Gasteiger partial charge in [0.2, 0.25) is 0 Å². The van der Waals surface area contributed by atoms with Gasteiger partial charge in [-0.15, -0.1) is 0 Å². The first-order valence-corrected chi connectivity index (χ1v) is 25.8. The van der Waals surface area contributed by atoms with Crippen molar-refractivity contribution in [3.05, 3.63) is 163 Å². The molecule has 0 amide bonds. The van der Waals surface area contributed by atoms with Crippen LogP contribution < -0.4 is 24.8 Å². The van der Waals surface area contributed by atoms with E-state index in [-0.39, 0.29) is 35.6 Å². The molecule has 0 N–H and O–H groups in total. The molecule has 0 spiro atoms. The summed E-state index contributed by atoms with van der Waals surface area (Å²) >= 11 is -3.01. The normalized spacial score (nSPS) is 28.4. The van der Waals surface area contributed by atoms with Crippen LogP contribution in [0.2, 0.25) is 0 Å². The van der Waals surface area contributed by atoms with Crippen molar-refractivity contribution in [2.75, 3.05) is 0 Å². The van der Waals surface area contributed by atoms with E-state index >= 15 is 0 Å². The van der Waals surface area contributed by atoms with Crippen LogP contribution in [-0.4, -0.2) is 3.21 Å². The minimum Gasteiger partial charge on any atom is -1.00 e. The third kappa shape index (κ3) is 5.86. The zero-order valence-corrected chi connectivity index (χ0v) is 39.6. The van der Waals surface area contributed by atoms with E-state index in [4.69, 9.17) is 0 Å². The first-order chi connectivity index (χ1) is 26.8. The third-order valence-corrected chi connectivity index (χ3v) is 25.1. The van der Waals surface area contributed by atoms with E-state index < -0.39 is 21.3 Å². The van der Waals surface area contributed by atoms with Gasteiger partial charge in [-0.1, -0.05) is 0 Å². The molecule has 0 radical (unpaired) electrons. The Hall–Kier alpha value is -2.83. The van der Waals surface area contributed by atoms with E-state index in [0.29, 0.717) is 15.0 Å². The van der Waals surface area contributed by atoms with Crippen LogP contribution in [0.15, 0.2) is 118 Å². The molecule has 0 heterocycles. The van der Waals surface area contributed by atoms with Gasteiger partial charge < -0.3 is 24.8 Å². The Morgan fingerprint density at radius 3 is 1.48 bits per heavy atom. The number of allylic oxidation sites excluding steroid dienone is 8. The van der Waals surface area contributed by atoms with Gasteiger partial charge in [-0.05, 0) is 0 Å². The predicted molar refractivity (Wildman–Crippen MR) is 234 cm³/mol. The Morgan fingerprint density at radius 1 is 0.586 bits per heavy atom. The molecule has 0 aliphatic heterocycles. The summed E-state index contributed by atoms with van der Waals surface area (Å²) in [6, 6.07) is 34.0. The number of halogens is 2. The molecule has 1 unspecified atom stereocenters. The summed E-state index contributed by atoms with van der Waals surface area (Å²) in [5.41, 5.74) is 20.0. The molecule has 58 heavy (non-hydrogen) atoms. The molecule has 12 rings (SSSR count). The Morgan fingerprint density at radius 2 is 1.03 bits per heavy atom. The molecular formula is C55H58Cl2Zr.